The van der Waals surface area contributed by atoms with E-state index in [9.17, 15) is 0 Å². The van der Waals surface area contributed by atoms with Crippen LogP contribution >= 0.6 is 22.7 Å². The second-order valence-electron chi connectivity index (χ2n) is 2.55. The van der Waals surface area contributed by atoms with E-state index in [0.717, 1.165) is 15.7 Å². The van der Waals surface area contributed by atoms with Crippen LogP contribution in [0.4, 0.5) is 0 Å². The van der Waals surface area contributed by atoms with Gasteiger partial charge in [-0.25, -0.2) is 9.97 Å². The highest BCUT2D eigenvalue weighted by Crippen LogP contribution is 2.28. The molecule has 68 valence electrons. The molecule has 0 aliphatic carbocycles. The normalized spacial score (nSPS) is 10.6. The predicted molar refractivity (Wildman–Crippen MR) is 55.9 cm³/mol. The summed E-state index contributed by atoms with van der Waals surface area (Å²) in [5.41, 5.74) is 6.50. The molecule has 0 radical (unpaired) electrons. The fourth-order valence-electron chi connectivity index (χ4n) is 1.08. The third kappa shape index (κ3) is 1.63. The van der Waals surface area contributed by atoms with Crippen LogP contribution in [-0.2, 0) is 6.54 Å². The molecule has 0 fully saturated rings. The lowest BCUT2D eigenvalue weighted by Crippen LogP contribution is -1.94. The van der Waals surface area contributed by atoms with Crippen molar-refractivity contribution in [1.82, 2.24) is 9.97 Å². The highest BCUT2D eigenvalue weighted by Gasteiger charge is 2.10. The number of aromatic nitrogens is 2. The Morgan fingerprint density at radius 2 is 2.38 bits per heavy atom. The molecular weight excluding hydrogens is 202 g/mol. The largest absolute Gasteiger partial charge is 0.325 e. The van der Waals surface area contributed by atoms with Crippen molar-refractivity contribution in [3.63, 3.8) is 0 Å². The highest BCUT2D eigenvalue weighted by atomic mass is 32.1. The Kier molecular flexibility index (Phi) is 2.39. The summed E-state index contributed by atoms with van der Waals surface area (Å²) < 4.78 is 0. The van der Waals surface area contributed by atoms with E-state index in [1.807, 2.05) is 12.3 Å². The summed E-state index contributed by atoms with van der Waals surface area (Å²) in [7, 11) is 0. The lowest BCUT2D eigenvalue weighted by atomic mass is 10.4. The Morgan fingerprint density at radius 1 is 1.54 bits per heavy atom. The standard InChI is InChI=1S/C8H9N3S2/c1-5-7(8-10-2-3-12-8)11-6(4-9)13-5/h2-3H,4,9H2,1H3. The Morgan fingerprint density at radius 3 is 2.92 bits per heavy atom. The minimum Gasteiger partial charge on any atom is -0.325 e. The first kappa shape index (κ1) is 8.80. The van der Waals surface area contributed by atoms with Crippen molar-refractivity contribution in [2.75, 3.05) is 0 Å². The van der Waals surface area contributed by atoms with E-state index in [1.165, 1.54) is 4.88 Å². The van der Waals surface area contributed by atoms with Gasteiger partial charge in [0.2, 0.25) is 0 Å². The molecule has 2 aromatic heterocycles. The Labute approximate surface area is 84.3 Å². The van der Waals surface area contributed by atoms with Crippen LogP contribution in [0.3, 0.4) is 0 Å². The van der Waals surface area contributed by atoms with Crippen LogP contribution in [-0.4, -0.2) is 9.97 Å². The van der Waals surface area contributed by atoms with Gasteiger partial charge in [0.25, 0.3) is 0 Å². The fraction of sp³-hybridized carbons (Fsp3) is 0.250. The number of hydrogen-bond acceptors (Lipinski definition) is 5. The van der Waals surface area contributed by atoms with Crippen molar-refractivity contribution in [2.45, 2.75) is 13.5 Å². The van der Waals surface area contributed by atoms with Crippen LogP contribution < -0.4 is 5.73 Å². The molecule has 0 bridgehead atoms. The number of hydrogen-bond donors (Lipinski definition) is 1. The Balaban J connectivity index is 2.46. The van der Waals surface area contributed by atoms with Gasteiger partial charge in [0.15, 0.2) is 0 Å². The van der Waals surface area contributed by atoms with Gasteiger partial charge in [-0.1, -0.05) is 0 Å². The first-order chi connectivity index (χ1) is 6.31. The first-order valence-corrected chi connectivity index (χ1v) is 5.57. The number of aryl methyl sites for hydroxylation is 1. The van der Waals surface area contributed by atoms with Gasteiger partial charge in [-0.3, -0.25) is 0 Å². The third-order valence-corrected chi connectivity index (χ3v) is 3.42. The van der Waals surface area contributed by atoms with Gasteiger partial charge >= 0.3 is 0 Å². The quantitative estimate of drug-likeness (QED) is 0.827. The van der Waals surface area contributed by atoms with Gasteiger partial charge in [0, 0.05) is 23.0 Å². The molecule has 0 aliphatic rings. The van der Waals surface area contributed by atoms with Crippen LogP contribution in [0, 0.1) is 6.92 Å². The first-order valence-electron chi connectivity index (χ1n) is 3.87. The average molecular weight is 211 g/mol. The Hall–Kier alpha value is -0.780. The van der Waals surface area contributed by atoms with E-state index in [0.29, 0.717) is 6.54 Å². The summed E-state index contributed by atoms with van der Waals surface area (Å²) >= 11 is 3.25. The molecule has 2 aromatic rings. The zero-order valence-corrected chi connectivity index (χ0v) is 8.78. The maximum absolute atomic E-state index is 5.52. The Bertz CT molecular complexity index is 391. The van der Waals surface area contributed by atoms with Gasteiger partial charge in [-0.05, 0) is 6.92 Å². The van der Waals surface area contributed by atoms with Crippen LogP contribution in [0.1, 0.15) is 9.88 Å². The number of nitrogens with two attached hydrogens (primary N) is 1. The molecule has 2 N–H and O–H groups in total. The predicted octanol–water partition coefficient (Wildman–Crippen LogP) is 2.03. The topological polar surface area (TPSA) is 51.8 Å². The van der Waals surface area contributed by atoms with E-state index >= 15 is 0 Å². The summed E-state index contributed by atoms with van der Waals surface area (Å²) in [6.07, 6.45) is 1.79. The maximum Gasteiger partial charge on any atom is 0.142 e. The minimum absolute atomic E-state index is 0.511. The summed E-state index contributed by atoms with van der Waals surface area (Å²) in [6.45, 7) is 2.56. The maximum atomic E-state index is 5.52. The van der Waals surface area contributed by atoms with Gasteiger partial charge < -0.3 is 5.73 Å². The van der Waals surface area contributed by atoms with Gasteiger partial charge in [-0.15, -0.1) is 22.7 Å². The van der Waals surface area contributed by atoms with E-state index < -0.39 is 0 Å². The number of nitrogens with zero attached hydrogens (tertiary/aromatic N) is 2. The smallest absolute Gasteiger partial charge is 0.142 e. The fourth-order valence-corrected chi connectivity index (χ4v) is 2.64. The zero-order valence-electron chi connectivity index (χ0n) is 7.15. The third-order valence-electron chi connectivity index (χ3n) is 1.65. The van der Waals surface area contributed by atoms with E-state index in [2.05, 4.69) is 9.97 Å². The van der Waals surface area contributed by atoms with E-state index in [4.69, 9.17) is 5.73 Å². The van der Waals surface area contributed by atoms with Crippen LogP contribution in [0.2, 0.25) is 0 Å². The van der Waals surface area contributed by atoms with Crippen molar-refractivity contribution >= 4 is 22.7 Å². The molecule has 0 amide bonds. The number of rotatable bonds is 2. The molecule has 0 saturated heterocycles. The SMILES string of the molecule is Cc1sc(CN)nc1-c1nccs1. The molecule has 0 spiro atoms. The molecule has 3 nitrogen and oxygen atoms in total. The lowest BCUT2D eigenvalue weighted by Gasteiger charge is -1.88. The molecule has 2 heterocycles. The minimum atomic E-state index is 0.511. The lowest BCUT2D eigenvalue weighted by molar-refractivity contribution is 1.04. The molecule has 0 atom stereocenters. The second-order valence-corrected chi connectivity index (χ2v) is 4.74. The number of thiazole rings is 2. The molecule has 0 aliphatic heterocycles. The van der Waals surface area contributed by atoms with Crippen LogP contribution in [0.25, 0.3) is 10.7 Å². The summed E-state index contributed by atoms with van der Waals surface area (Å²) in [5.74, 6) is 0. The van der Waals surface area contributed by atoms with Crippen molar-refractivity contribution in [3.05, 3.63) is 21.5 Å². The van der Waals surface area contributed by atoms with Crippen molar-refractivity contribution in [1.29, 1.82) is 0 Å². The van der Waals surface area contributed by atoms with Crippen molar-refractivity contribution < 1.29 is 0 Å². The monoisotopic (exact) mass is 211 g/mol. The van der Waals surface area contributed by atoms with Crippen LogP contribution in [0.5, 0.6) is 0 Å². The van der Waals surface area contributed by atoms with E-state index in [-0.39, 0.29) is 0 Å². The van der Waals surface area contributed by atoms with Gasteiger partial charge in [0.1, 0.15) is 15.7 Å². The second kappa shape index (κ2) is 3.53. The molecule has 2 rings (SSSR count). The van der Waals surface area contributed by atoms with Crippen LogP contribution in [0.15, 0.2) is 11.6 Å². The van der Waals surface area contributed by atoms with Crippen molar-refractivity contribution in [2.24, 2.45) is 5.73 Å². The van der Waals surface area contributed by atoms with Crippen molar-refractivity contribution in [3.8, 4) is 10.7 Å². The molecular formula is C8H9N3S2. The molecule has 0 saturated carbocycles. The summed E-state index contributed by atoms with van der Waals surface area (Å²) in [4.78, 5) is 9.82. The average Bonchev–Trinajstić information content (AvgIpc) is 2.72. The molecule has 13 heavy (non-hydrogen) atoms. The summed E-state index contributed by atoms with van der Waals surface area (Å²) in [6, 6.07) is 0. The summed E-state index contributed by atoms with van der Waals surface area (Å²) in [5, 5.41) is 3.91. The van der Waals surface area contributed by atoms with Gasteiger partial charge in [0.05, 0.1) is 0 Å². The molecule has 0 unspecified atom stereocenters. The molecule has 5 heteroatoms. The molecule has 0 aromatic carbocycles. The zero-order chi connectivity index (χ0) is 9.26. The van der Waals surface area contributed by atoms with Gasteiger partial charge in [-0.2, -0.15) is 0 Å². The van der Waals surface area contributed by atoms with E-state index in [1.54, 1.807) is 28.9 Å². The highest BCUT2D eigenvalue weighted by molar-refractivity contribution is 7.14.